The van der Waals surface area contributed by atoms with Crippen molar-refractivity contribution in [2.45, 2.75) is 0 Å². The Morgan fingerprint density at radius 3 is 2.73 bits per heavy atom. The van der Waals surface area contributed by atoms with Crippen LogP contribution in [0, 0.1) is 5.82 Å². The van der Waals surface area contributed by atoms with Crippen LogP contribution < -0.4 is 11.3 Å². The Morgan fingerprint density at radius 2 is 1.96 bits per heavy atom. The number of aryl methyl sites for hydroxylation is 1. The molecule has 9 heteroatoms. The second kappa shape index (κ2) is 6.57. The number of pyridine rings is 1. The van der Waals surface area contributed by atoms with E-state index in [9.17, 15) is 9.18 Å². The van der Waals surface area contributed by atoms with E-state index >= 15 is 0 Å². The summed E-state index contributed by atoms with van der Waals surface area (Å²) in [5.74, 6) is 0.148. The van der Waals surface area contributed by atoms with Crippen molar-refractivity contribution in [1.82, 2.24) is 24.1 Å². The molecule has 4 aromatic rings. The predicted molar refractivity (Wildman–Crippen MR) is 99.0 cm³/mol. The second-order valence-electron chi connectivity index (χ2n) is 5.52. The third kappa shape index (κ3) is 2.70. The highest BCUT2D eigenvalue weighted by molar-refractivity contribution is 5.87. The SMILES string of the molecule is Cl.Cn1cccc(-n2c(-c3cccc(F)c3)nc3c(N)ncnc32)c1=O. The first kappa shape index (κ1) is 17.6. The Balaban J connectivity index is 0.00000196. The summed E-state index contributed by atoms with van der Waals surface area (Å²) in [5, 5.41) is 0. The number of rotatable bonds is 2. The molecule has 1 aromatic carbocycles. The van der Waals surface area contributed by atoms with Crippen LogP contribution in [0.5, 0.6) is 0 Å². The number of anilines is 1. The maximum absolute atomic E-state index is 13.7. The maximum atomic E-state index is 13.7. The molecule has 26 heavy (non-hydrogen) atoms. The number of fused-ring (bicyclic) bond motifs is 1. The fourth-order valence-electron chi connectivity index (χ4n) is 2.71. The summed E-state index contributed by atoms with van der Waals surface area (Å²) in [6.07, 6.45) is 2.95. The van der Waals surface area contributed by atoms with Gasteiger partial charge in [-0.15, -0.1) is 12.4 Å². The molecular formula is C17H14ClFN6O. The van der Waals surface area contributed by atoms with E-state index in [-0.39, 0.29) is 23.8 Å². The Bertz CT molecular complexity index is 1170. The van der Waals surface area contributed by atoms with Gasteiger partial charge in [-0.3, -0.25) is 9.36 Å². The van der Waals surface area contributed by atoms with Crippen molar-refractivity contribution in [3.8, 4) is 17.1 Å². The minimum Gasteiger partial charge on any atom is -0.382 e. The van der Waals surface area contributed by atoms with Gasteiger partial charge in [-0.05, 0) is 24.3 Å². The van der Waals surface area contributed by atoms with E-state index in [4.69, 9.17) is 5.73 Å². The minimum absolute atomic E-state index is 0. The van der Waals surface area contributed by atoms with Crippen molar-refractivity contribution in [3.05, 3.63) is 65.1 Å². The lowest BCUT2D eigenvalue weighted by Gasteiger charge is -2.09. The van der Waals surface area contributed by atoms with E-state index in [0.29, 0.717) is 28.2 Å². The summed E-state index contributed by atoms with van der Waals surface area (Å²) in [7, 11) is 1.65. The van der Waals surface area contributed by atoms with Crippen LogP contribution in [0.25, 0.3) is 28.2 Å². The highest BCUT2D eigenvalue weighted by Gasteiger charge is 2.20. The summed E-state index contributed by atoms with van der Waals surface area (Å²) in [6.45, 7) is 0. The number of halogens is 2. The summed E-state index contributed by atoms with van der Waals surface area (Å²) in [6, 6.07) is 9.36. The molecule has 0 aliphatic carbocycles. The molecular weight excluding hydrogens is 359 g/mol. The topological polar surface area (TPSA) is 91.6 Å². The average Bonchev–Trinajstić information content (AvgIpc) is 2.98. The summed E-state index contributed by atoms with van der Waals surface area (Å²) in [5.41, 5.74) is 7.25. The van der Waals surface area contributed by atoms with Gasteiger partial charge in [-0.1, -0.05) is 12.1 Å². The molecule has 3 heterocycles. The van der Waals surface area contributed by atoms with Gasteiger partial charge in [0, 0.05) is 18.8 Å². The lowest BCUT2D eigenvalue weighted by atomic mass is 10.2. The van der Waals surface area contributed by atoms with Crippen LogP contribution >= 0.6 is 12.4 Å². The van der Waals surface area contributed by atoms with Gasteiger partial charge in [0.05, 0.1) is 0 Å². The number of benzene rings is 1. The zero-order chi connectivity index (χ0) is 17.6. The molecule has 0 amide bonds. The largest absolute Gasteiger partial charge is 0.382 e. The molecule has 0 aliphatic rings. The molecule has 0 bridgehead atoms. The molecule has 132 valence electrons. The van der Waals surface area contributed by atoms with E-state index in [1.807, 2.05) is 0 Å². The van der Waals surface area contributed by atoms with Crippen LogP contribution in [0.15, 0.2) is 53.7 Å². The van der Waals surface area contributed by atoms with E-state index < -0.39 is 5.82 Å². The first-order chi connectivity index (χ1) is 12.1. The molecule has 0 fully saturated rings. The van der Waals surface area contributed by atoms with Gasteiger partial charge < -0.3 is 10.3 Å². The smallest absolute Gasteiger partial charge is 0.274 e. The zero-order valence-electron chi connectivity index (χ0n) is 13.6. The third-order valence-electron chi connectivity index (χ3n) is 3.90. The van der Waals surface area contributed by atoms with Crippen LogP contribution in [-0.4, -0.2) is 24.1 Å². The van der Waals surface area contributed by atoms with Gasteiger partial charge in [0.2, 0.25) is 0 Å². The van der Waals surface area contributed by atoms with Crippen molar-refractivity contribution in [3.63, 3.8) is 0 Å². The molecule has 0 aliphatic heterocycles. The normalized spacial score (nSPS) is 10.7. The van der Waals surface area contributed by atoms with Gasteiger partial charge >= 0.3 is 0 Å². The number of hydrogen-bond donors (Lipinski definition) is 1. The fourth-order valence-corrected chi connectivity index (χ4v) is 2.71. The number of hydrogen-bond acceptors (Lipinski definition) is 5. The van der Waals surface area contributed by atoms with Gasteiger partial charge in [-0.2, -0.15) is 0 Å². The number of aromatic nitrogens is 5. The van der Waals surface area contributed by atoms with E-state index in [1.54, 1.807) is 42.1 Å². The van der Waals surface area contributed by atoms with Crippen molar-refractivity contribution in [1.29, 1.82) is 0 Å². The van der Waals surface area contributed by atoms with E-state index in [1.165, 1.54) is 23.0 Å². The fraction of sp³-hybridized carbons (Fsp3) is 0.0588. The monoisotopic (exact) mass is 372 g/mol. The Hall–Kier alpha value is -3.26. The van der Waals surface area contributed by atoms with Gasteiger partial charge in [0.25, 0.3) is 5.56 Å². The van der Waals surface area contributed by atoms with Gasteiger partial charge in [-0.25, -0.2) is 19.3 Å². The number of imidazole rings is 1. The first-order valence-corrected chi connectivity index (χ1v) is 7.47. The number of nitrogens with two attached hydrogens (primary N) is 1. The first-order valence-electron chi connectivity index (χ1n) is 7.47. The van der Waals surface area contributed by atoms with Gasteiger partial charge in [0.1, 0.15) is 23.7 Å². The molecule has 0 saturated heterocycles. The van der Waals surface area contributed by atoms with Crippen LogP contribution in [0.2, 0.25) is 0 Å². The summed E-state index contributed by atoms with van der Waals surface area (Å²) in [4.78, 5) is 25.2. The molecule has 0 saturated carbocycles. The molecule has 0 atom stereocenters. The van der Waals surface area contributed by atoms with Gasteiger partial charge in [0.15, 0.2) is 17.0 Å². The van der Waals surface area contributed by atoms with Crippen molar-refractivity contribution < 1.29 is 4.39 Å². The number of nitrogens with zero attached hydrogens (tertiary/aromatic N) is 5. The van der Waals surface area contributed by atoms with Crippen LogP contribution in [0.3, 0.4) is 0 Å². The Morgan fingerprint density at radius 1 is 1.15 bits per heavy atom. The van der Waals surface area contributed by atoms with Crippen LogP contribution in [0.4, 0.5) is 10.2 Å². The molecule has 0 spiro atoms. The quantitative estimate of drug-likeness (QED) is 0.583. The Kier molecular flexibility index (Phi) is 4.43. The summed E-state index contributed by atoms with van der Waals surface area (Å²) < 4.78 is 16.7. The lowest BCUT2D eigenvalue weighted by molar-refractivity contribution is 0.628. The summed E-state index contributed by atoms with van der Waals surface area (Å²) >= 11 is 0. The van der Waals surface area contributed by atoms with Crippen molar-refractivity contribution >= 4 is 29.4 Å². The highest BCUT2D eigenvalue weighted by atomic mass is 35.5. The van der Waals surface area contributed by atoms with Crippen molar-refractivity contribution in [2.75, 3.05) is 5.73 Å². The lowest BCUT2D eigenvalue weighted by Crippen LogP contribution is -2.21. The molecule has 0 unspecified atom stereocenters. The minimum atomic E-state index is -0.406. The zero-order valence-corrected chi connectivity index (χ0v) is 14.4. The molecule has 2 N–H and O–H groups in total. The molecule has 0 radical (unpaired) electrons. The molecule has 7 nitrogen and oxygen atoms in total. The Labute approximate surface area is 153 Å². The van der Waals surface area contributed by atoms with Crippen LogP contribution in [-0.2, 0) is 7.05 Å². The van der Waals surface area contributed by atoms with Crippen molar-refractivity contribution in [2.24, 2.45) is 7.05 Å². The average molecular weight is 373 g/mol. The van der Waals surface area contributed by atoms with E-state index in [0.717, 1.165) is 0 Å². The molecule has 3 aromatic heterocycles. The third-order valence-corrected chi connectivity index (χ3v) is 3.90. The standard InChI is InChI=1S/C17H13FN6O.ClH/c1-23-7-3-6-12(17(23)25)24-15(10-4-2-5-11(18)8-10)22-13-14(19)20-9-21-16(13)24;/h2-9H,1H3,(H2,19,20,21);1H. The number of nitrogen functional groups attached to an aromatic ring is 1. The maximum Gasteiger partial charge on any atom is 0.274 e. The molecule has 4 rings (SSSR count). The van der Waals surface area contributed by atoms with Crippen LogP contribution in [0.1, 0.15) is 0 Å². The second-order valence-corrected chi connectivity index (χ2v) is 5.52. The van der Waals surface area contributed by atoms with E-state index in [2.05, 4.69) is 15.0 Å². The predicted octanol–water partition coefficient (Wildman–Crippen LogP) is 2.32. The highest BCUT2D eigenvalue weighted by Crippen LogP contribution is 2.28.